The van der Waals surface area contributed by atoms with Crippen LogP contribution >= 0.6 is 11.8 Å². The van der Waals surface area contributed by atoms with Crippen LogP contribution in [-0.4, -0.2) is 18.9 Å². The Morgan fingerprint density at radius 1 is 0.931 bits per heavy atom. The molecule has 1 heterocycles. The van der Waals surface area contributed by atoms with E-state index in [1.165, 1.54) is 11.1 Å². The summed E-state index contributed by atoms with van der Waals surface area (Å²) in [6.07, 6.45) is 1.58. The van der Waals surface area contributed by atoms with Gasteiger partial charge in [0.2, 0.25) is 6.79 Å². The maximum absolute atomic E-state index is 12.3. The molecule has 0 aliphatic carbocycles. The summed E-state index contributed by atoms with van der Waals surface area (Å²) in [6, 6.07) is 23.5. The molecule has 1 aliphatic heterocycles. The molecule has 0 fully saturated rings. The molecule has 0 saturated carbocycles. The summed E-state index contributed by atoms with van der Waals surface area (Å²) in [4.78, 5) is 12.3. The zero-order valence-corrected chi connectivity index (χ0v) is 16.5. The first-order valence-corrected chi connectivity index (χ1v) is 10.4. The largest absolute Gasteiger partial charge is 0.454 e. The van der Waals surface area contributed by atoms with Crippen LogP contribution in [-0.2, 0) is 11.5 Å². The molecule has 6 heteroatoms. The van der Waals surface area contributed by atoms with E-state index in [2.05, 4.69) is 34.8 Å². The number of carbonyl (C=O) groups excluding carboxylic acids is 1. The van der Waals surface area contributed by atoms with E-state index in [4.69, 9.17) is 9.47 Å². The maximum Gasteiger partial charge on any atom is 0.271 e. The number of thioether (sulfide) groups is 1. The summed E-state index contributed by atoms with van der Waals surface area (Å²) >= 11 is 1.85. The molecule has 1 N–H and O–H groups in total. The van der Waals surface area contributed by atoms with Gasteiger partial charge >= 0.3 is 0 Å². The van der Waals surface area contributed by atoms with Crippen LogP contribution < -0.4 is 14.9 Å². The van der Waals surface area contributed by atoms with E-state index in [0.29, 0.717) is 17.1 Å². The molecule has 0 saturated heterocycles. The molecule has 0 atom stereocenters. The highest BCUT2D eigenvalue weighted by Gasteiger charge is 2.12. The molecule has 3 aromatic rings. The van der Waals surface area contributed by atoms with Gasteiger partial charge in [-0.2, -0.15) is 16.9 Å². The van der Waals surface area contributed by atoms with E-state index in [-0.39, 0.29) is 12.7 Å². The number of hydrazone groups is 1. The summed E-state index contributed by atoms with van der Waals surface area (Å²) in [5.41, 5.74) is 6.45. The van der Waals surface area contributed by atoms with E-state index < -0.39 is 0 Å². The second kappa shape index (κ2) is 9.30. The van der Waals surface area contributed by atoms with E-state index in [9.17, 15) is 4.79 Å². The third-order valence-corrected chi connectivity index (χ3v) is 5.45. The molecule has 4 rings (SSSR count). The minimum atomic E-state index is -0.245. The van der Waals surface area contributed by atoms with Gasteiger partial charge in [0.15, 0.2) is 11.5 Å². The van der Waals surface area contributed by atoms with E-state index in [1.807, 2.05) is 60.3 Å². The molecular formula is C23H20N2O3S. The van der Waals surface area contributed by atoms with Crippen molar-refractivity contribution in [3.05, 3.63) is 95.1 Å². The second-order valence-corrected chi connectivity index (χ2v) is 7.47. The number of amides is 1. The van der Waals surface area contributed by atoms with Gasteiger partial charge < -0.3 is 9.47 Å². The lowest BCUT2D eigenvalue weighted by Gasteiger charge is -2.04. The number of carbonyl (C=O) groups is 1. The number of nitrogens with zero attached hydrogens (tertiary/aromatic N) is 1. The van der Waals surface area contributed by atoms with Gasteiger partial charge in [-0.1, -0.05) is 42.5 Å². The monoisotopic (exact) mass is 404 g/mol. The molecular weight excluding hydrogens is 384 g/mol. The van der Waals surface area contributed by atoms with Crippen molar-refractivity contribution in [3.8, 4) is 11.5 Å². The highest BCUT2D eigenvalue weighted by Crippen LogP contribution is 2.31. The number of benzene rings is 3. The molecule has 3 aromatic carbocycles. The fourth-order valence-electron chi connectivity index (χ4n) is 2.84. The number of ether oxygens (including phenoxy) is 2. The second-order valence-electron chi connectivity index (χ2n) is 6.49. The smallest absolute Gasteiger partial charge is 0.271 e. The number of rotatable bonds is 7. The van der Waals surface area contributed by atoms with Crippen molar-refractivity contribution in [3.63, 3.8) is 0 Å². The zero-order valence-electron chi connectivity index (χ0n) is 15.7. The summed E-state index contributed by atoms with van der Waals surface area (Å²) in [5, 5.41) is 4.02. The van der Waals surface area contributed by atoms with E-state index >= 15 is 0 Å². The van der Waals surface area contributed by atoms with Crippen molar-refractivity contribution in [1.29, 1.82) is 0 Å². The van der Waals surface area contributed by atoms with Gasteiger partial charge in [-0.25, -0.2) is 5.43 Å². The van der Waals surface area contributed by atoms with E-state index in [1.54, 1.807) is 6.21 Å². The highest BCUT2D eigenvalue weighted by molar-refractivity contribution is 7.97. The third-order valence-electron chi connectivity index (χ3n) is 4.37. The van der Waals surface area contributed by atoms with E-state index in [0.717, 1.165) is 17.1 Å². The van der Waals surface area contributed by atoms with Gasteiger partial charge in [0.25, 0.3) is 5.91 Å². The van der Waals surface area contributed by atoms with Gasteiger partial charge in [-0.05, 0) is 47.0 Å². The van der Waals surface area contributed by atoms with Gasteiger partial charge in [0.1, 0.15) is 0 Å². The standard InChI is InChI=1S/C23H20N2O3S/c26-23(25-24-13-19-8-11-21-22(12-19)28-16-27-21)20-9-6-18(7-10-20)15-29-14-17-4-2-1-3-5-17/h1-13H,14-16H2,(H,25,26)/b24-13-. The molecule has 1 amide bonds. The van der Waals surface area contributed by atoms with Crippen LogP contribution in [0.25, 0.3) is 0 Å². The number of hydrogen-bond donors (Lipinski definition) is 1. The predicted octanol–water partition coefficient (Wildman–Crippen LogP) is 4.61. The molecule has 0 spiro atoms. The van der Waals surface area contributed by atoms with Crippen LogP contribution in [0.5, 0.6) is 11.5 Å². The molecule has 1 aliphatic rings. The fourth-order valence-corrected chi connectivity index (χ4v) is 3.80. The molecule has 0 aromatic heterocycles. The van der Waals surface area contributed by atoms with Gasteiger partial charge in [-0.3, -0.25) is 4.79 Å². The Morgan fingerprint density at radius 3 is 2.45 bits per heavy atom. The Kier molecular flexibility index (Phi) is 6.12. The SMILES string of the molecule is O=C(N/N=C\c1ccc2c(c1)OCO2)c1ccc(CSCc2ccccc2)cc1. The molecule has 5 nitrogen and oxygen atoms in total. The van der Waals surface area contributed by atoms with Crippen molar-refractivity contribution in [2.24, 2.45) is 5.10 Å². The lowest BCUT2D eigenvalue weighted by atomic mass is 10.1. The third kappa shape index (κ3) is 5.18. The average Bonchev–Trinajstić information content (AvgIpc) is 3.23. The lowest BCUT2D eigenvalue weighted by Crippen LogP contribution is -2.17. The maximum atomic E-state index is 12.3. The van der Waals surface area contributed by atoms with Gasteiger partial charge in [0, 0.05) is 17.1 Å². The van der Waals surface area contributed by atoms with Crippen molar-refractivity contribution in [2.45, 2.75) is 11.5 Å². The first kappa shape index (κ1) is 19.1. The lowest BCUT2D eigenvalue weighted by molar-refractivity contribution is 0.0955. The van der Waals surface area contributed by atoms with Crippen LogP contribution in [0.1, 0.15) is 27.0 Å². The van der Waals surface area contributed by atoms with Crippen LogP contribution in [0.4, 0.5) is 0 Å². The van der Waals surface area contributed by atoms with Crippen LogP contribution in [0, 0.1) is 0 Å². The minimum Gasteiger partial charge on any atom is -0.454 e. The van der Waals surface area contributed by atoms with Crippen molar-refractivity contribution in [1.82, 2.24) is 5.43 Å². The Morgan fingerprint density at radius 2 is 1.66 bits per heavy atom. The Bertz CT molecular complexity index is 1000. The Labute approximate surface area is 173 Å². The zero-order chi connectivity index (χ0) is 19.9. The first-order chi connectivity index (χ1) is 14.3. The van der Waals surface area contributed by atoms with Crippen LogP contribution in [0.2, 0.25) is 0 Å². The van der Waals surface area contributed by atoms with Crippen molar-refractivity contribution in [2.75, 3.05) is 6.79 Å². The molecule has 146 valence electrons. The number of nitrogens with one attached hydrogen (secondary N) is 1. The van der Waals surface area contributed by atoms with Crippen LogP contribution in [0.15, 0.2) is 77.9 Å². The molecule has 0 bridgehead atoms. The highest BCUT2D eigenvalue weighted by atomic mass is 32.2. The summed E-state index contributed by atoms with van der Waals surface area (Å²) in [6.45, 7) is 0.230. The quantitative estimate of drug-likeness (QED) is 0.461. The predicted molar refractivity (Wildman–Crippen MR) is 116 cm³/mol. The fraction of sp³-hybridized carbons (Fsp3) is 0.130. The van der Waals surface area contributed by atoms with Crippen molar-refractivity contribution < 1.29 is 14.3 Å². The minimum absolute atomic E-state index is 0.230. The topological polar surface area (TPSA) is 59.9 Å². The van der Waals surface area contributed by atoms with Crippen LogP contribution in [0.3, 0.4) is 0 Å². The number of hydrogen-bond acceptors (Lipinski definition) is 5. The molecule has 29 heavy (non-hydrogen) atoms. The number of fused-ring (bicyclic) bond motifs is 1. The Balaban J connectivity index is 1.26. The first-order valence-electron chi connectivity index (χ1n) is 9.21. The normalized spacial score (nSPS) is 12.3. The summed E-state index contributed by atoms with van der Waals surface area (Å²) in [5.74, 6) is 3.02. The van der Waals surface area contributed by atoms with Gasteiger partial charge in [0.05, 0.1) is 6.21 Å². The summed E-state index contributed by atoms with van der Waals surface area (Å²) < 4.78 is 10.6. The van der Waals surface area contributed by atoms with Gasteiger partial charge in [-0.15, -0.1) is 0 Å². The summed E-state index contributed by atoms with van der Waals surface area (Å²) in [7, 11) is 0. The molecule has 0 unspecified atom stereocenters. The molecule has 0 radical (unpaired) electrons. The Hall–Kier alpha value is -3.25. The average molecular weight is 404 g/mol. The van der Waals surface area contributed by atoms with Crippen molar-refractivity contribution >= 4 is 23.9 Å².